The molecule has 5 nitrogen and oxygen atoms in total. The topological polar surface area (TPSA) is 74.7 Å². The number of aryl methyl sites for hydroxylation is 2. The minimum absolute atomic E-state index is 0.0654. The van der Waals surface area contributed by atoms with E-state index in [2.05, 4.69) is 0 Å². The monoisotopic (exact) mass is 309 g/mol. The Balaban J connectivity index is 1.89. The maximum absolute atomic E-state index is 12.7. The zero-order valence-electron chi connectivity index (χ0n) is 11.9. The predicted octanol–water partition coefficient (Wildman–Crippen LogP) is 1.52. The molecule has 0 radical (unpaired) electrons. The minimum atomic E-state index is -3.59. The summed E-state index contributed by atoms with van der Waals surface area (Å²) in [5.41, 5.74) is 2.34. The predicted molar refractivity (Wildman–Crippen MR) is 77.5 cm³/mol. The van der Waals surface area contributed by atoms with Crippen molar-refractivity contribution in [3.63, 3.8) is 0 Å². The van der Waals surface area contributed by atoms with E-state index in [4.69, 9.17) is 5.11 Å². The second kappa shape index (κ2) is 5.10. The van der Waals surface area contributed by atoms with Gasteiger partial charge in [-0.3, -0.25) is 4.79 Å². The lowest BCUT2D eigenvalue weighted by atomic mass is 9.99. The standard InChI is InChI=1S/C15H19NO4S/c1-10-8-16(9-14(10)15(17)18)21(19,20)13-6-5-11-3-2-4-12(11)7-13/h5-7,10,14H,2-4,8-9H2,1H3,(H,17,18)/t10-,14-/m1/s1. The van der Waals surface area contributed by atoms with Gasteiger partial charge in [-0.05, 0) is 48.4 Å². The summed E-state index contributed by atoms with van der Waals surface area (Å²) in [4.78, 5) is 11.4. The van der Waals surface area contributed by atoms with Gasteiger partial charge in [-0.15, -0.1) is 0 Å². The van der Waals surface area contributed by atoms with Crippen LogP contribution >= 0.6 is 0 Å². The van der Waals surface area contributed by atoms with E-state index in [9.17, 15) is 13.2 Å². The molecule has 0 aromatic heterocycles. The number of hydrogen-bond donors (Lipinski definition) is 1. The molecule has 1 aromatic carbocycles. The molecular formula is C15H19NO4S. The molecule has 0 saturated carbocycles. The van der Waals surface area contributed by atoms with Crippen molar-refractivity contribution in [2.24, 2.45) is 11.8 Å². The van der Waals surface area contributed by atoms with E-state index in [0.29, 0.717) is 4.90 Å². The number of benzene rings is 1. The van der Waals surface area contributed by atoms with E-state index in [-0.39, 0.29) is 19.0 Å². The van der Waals surface area contributed by atoms with Crippen molar-refractivity contribution in [2.75, 3.05) is 13.1 Å². The first-order valence-electron chi connectivity index (χ1n) is 7.24. The number of rotatable bonds is 3. The van der Waals surface area contributed by atoms with Crippen molar-refractivity contribution in [1.29, 1.82) is 0 Å². The lowest BCUT2D eigenvalue weighted by molar-refractivity contribution is -0.142. The molecule has 2 aliphatic rings. The summed E-state index contributed by atoms with van der Waals surface area (Å²) < 4.78 is 26.7. The number of nitrogens with zero attached hydrogens (tertiary/aromatic N) is 1. The van der Waals surface area contributed by atoms with Gasteiger partial charge in [-0.2, -0.15) is 4.31 Å². The van der Waals surface area contributed by atoms with Crippen LogP contribution in [-0.4, -0.2) is 36.9 Å². The van der Waals surface area contributed by atoms with Crippen molar-refractivity contribution in [3.05, 3.63) is 29.3 Å². The van der Waals surface area contributed by atoms with Gasteiger partial charge in [-0.25, -0.2) is 8.42 Å². The Labute approximate surface area is 124 Å². The molecule has 21 heavy (non-hydrogen) atoms. The summed E-state index contributed by atoms with van der Waals surface area (Å²) in [7, 11) is -3.59. The van der Waals surface area contributed by atoms with E-state index in [0.717, 1.165) is 24.8 Å². The maximum Gasteiger partial charge on any atom is 0.308 e. The molecule has 1 fully saturated rings. The van der Waals surface area contributed by atoms with Crippen LogP contribution in [0.4, 0.5) is 0 Å². The van der Waals surface area contributed by atoms with Crippen LogP contribution in [0.2, 0.25) is 0 Å². The Morgan fingerprint density at radius 3 is 2.62 bits per heavy atom. The number of aliphatic carboxylic acids is 1. The molecule has 6 heteroatoms. The Hall–Kier alpha value is -1.40. The van der Waals surface area contributed by atoms with E-state index in [1.165, 1.54) is 9.87 Å². The molecule has 1 aliphatic heterocycles. The first-order valence-corrected chi connectivity index (χ1v) is 8.68. The van der Waals surface area contributed by atoms with Crippen LogP contribution in [0, 0.1) is 11.8 Å². The first kappa shape index (κ1) is 14.5. The fraction of sp³-hybridized carbons (Fsp3) is 0.533. The highest BCUT2D eigenvalue weighted by atomic mass is 32.2. The molecule has 0 bridgehead atoms. The molecule has 1 saturated heterocycles. The summed E-state index contributed by atoms with van der Waals surface area (Å²) in [6.07, 6.45) is 3.00. The lowest BCUT2D eigenvalue weighted by Gasteiger charge is -2.16. The van der Waals surface area contributed by atoms with Crippen molar-refractivity contribution in [1.82, 2.24) is 4.31 Å². The quantitative estimate of drug-likeness (QED) is 0.918. The molecule has 0 spiro atoms. The Morgan fingerprint density at radius 2 is 1.95 bits per heavy atom. The lowest BCUT2D eigenvalue weighted by Crippen LogP contribution is -2.30. The van der Waals surface area contributed by atoms with Gasteiger partial charge in [0.1, 0.15) is 0 Å². The Kier molecular flexibility index (Phi) is 3.53. The average molecular weight is 309 g/mol. The number of sulfonamides is 1. The molecule has 1 heterocycles. The van der Waals surface area contributed by atoms with Gasteiger partial charge in [0.15, 0.2) is 0 Å². The second-order valence-electron chi connectivity index (χ2n) is 6.03. The SMILES string of the molecule is C[C@@H]1CN(S(=O)(=O)c2ccc3c(c2)CCC3)C[C@H]1C(=O)O. The smallest absolute Gasteiger partial charge is 0.308 e. The molecule has 3 rings (SSSR count). The normalized spacial score (nSPS) is 26.0. The van der Waals surface area contributed by atoms with Gasteiger partial charge >= 0.3 is 5.97 Å². The highest BCUT2D eigenvalue weighted by Crippen LogP contribution is 2.31. The van der Waals surface area contributed by atoms with Crippen LogP contribution in [-0.2, 0) is 27.7 Å². The van der Waals surface area contributed by atoms with Gasteiger partial charge in [0.05, 0.1) is 10.8 Å². The third kappa shape index (κ3) is 2.46. The van der Waals surface area contributed by atoms with Gasteiger partial charge in [0.25, 0.3) is 0 Å². The number of carboxylic acids is 1. The highest BCUT2D eigenvalue weighted by molar-refractivity contribution is 7.89. The van der Waals surface area contributed by atoms with Crippen molar-refractivity contribution in [2.45, 2.75) is 31.1 Å². The Morgan fingerprint density at radius 1 is 1.24 bits per heavy atom. The van der Waals surface area contributed by atoms with Gasteiger partial charge in [0, 0.05) is 13.1 Å². The third-order valence-electron chi connectivity index (χ3n) is 4.60. The largest absolute Gasteiger partial charge is 0.481 e. The highest BCUT2D eigenvalue weighted by Gasteiger charge is 2.40. The van der Waals surface area contributed by atoms with Gasteiger partial charge < -0.3 is 5.11 Å². The molecule has 114 valence electrons. The van der Waals surface area contributed by atoms with E-state index in [1.807, 2.05) is 6.07 Å². The second-order valence-corrected chi connectivity index (χ2v) is 7.97. The van der Waals surface area contributed by atoms with Crippen molar-refractivity contribution >= 4 is 16.0 Å². The average Bonchev–Trinajstić information content (AvgIpc) is 3.03. The van der Waals surface area contributed by atoms with Crippen LogP contribution < -0.4 is 0 Å². The van der Waals surface area contributed by atoms with Gasteiger partial charge in [0.2, 0.25) is 10.0 Å². The zero-order valence-corrected chi connectivity index (χ0v) is 12.8. The fourth-order valence-corrected chi connectivity index (χ4v) is 4.92. The summed E-state index contributed by atoms with van der Waals surface area (Å²) in [5, 5.41) is 9.14. The number of fused-ring (bicyclic) bond motifs is 1. The third-order valence-corrected chi connectivity index (χ3v) is 6.43. The molecule has 2 atom stereocenters. The number of carboxylic acid groups (broad SMARTS) is 1. The van der Waals surface area contributed by atoms with E-state index < -0.39 is 21.9 Å². The molecule has 1 aromatic rings. The van der Waals surface area contributed by atoms with Crippen LogP contribution in [0.1, 0.15) is 24.5 Å². The fourth-order valence-electron chi connectivity index (χ4n) is 3.30. The molecule has 0 unspecified atom stereocenters. The van der Waals surface area contributed by atoms with Crippen LogP contribution in [0.5, 0.6) is 0 Å². The number of carbonyl (C=O) groups is 1. The van der Waals surface area contributed by atoms with E-state index in [1.54, 1.807) is 19.1 Å². The minimum Gasteiger partial charge on any atom is -0.481 e. The maximum atomic E-state index is 12.7. The number of hydrogen-bond acceptors (Lipinski definition) is 3. The van der Waals surface area contributed by atoms with Crippen LogP contribution in [0.3, 0.4) is 0 Å². The van der Waals surface area contributed by atoms with Crippen molar-refractivity contribution < 1.29 is 18.3 Å². The van der Waals surface area contributed by atoms with Gasteiger partial charge in [-0.1, -0.05) is 13.0 Å². The molecule has 0 amide bonds. The summed E-state index contributed by atoms with van der Waals surface area (Å²) >= 11 is 0. The van der Waals surface area contributed by atoms with E-state index >= 15 is 0 Å². The Bertz CT molecular complexity index is 683. The molecule has 1 N–H and O–H groups in total. The molecular weight excluding hydrogens is 290 g/mol. The molecule has 1 aliphatic carbocycles. The van der Waals surface area contributed by atoms with Crippen LogP contribution in [0.15, 0.2) is 23.1 Å². The summed E-state index contributed by atoms with van der Waals surface area (Å²) in [5.74, 6) is -1.70. The summed E-state index contributed by atoms with van der Waals surface area (Å²) in [6.45, 7) is 2.13. The zero-order chi connectivity index (χ0) is 15.2. The van der Waals surface area contributed by atoms with Crippen molar-refractivity contribution in [3.8, 4) is 0 Å². The van der Waals surface area contributed by atoms with Crippen LogP contribution in [0.25, 0.3) is 0 Å². The first-order chi connectivity index (χ1) is 9.89. The summed E-state index contributed by atoms with van der Waals surface area (Å²) in [6, 6.07) is 5.30.